The van der Waals surface area contributed by atoms with Gasteiger partial charge in [0.25, 0.3) is 0 Å². The molecule has 0 aliphatic rings. The van der Waals surface area contributed by atoms with Gasteiger partial charge in [-0.1, -0.05) is 41.9 Å². The van der Waals surface area contributed by atoms with E-state index >= 15 is 0 Å². The zero-order chi connectivity index (χ0) is 13.0. The Labute approximate surface area is 107 Å². The van der Waals surface area contributed by atoms with Crippen LogP contribution >= 0.6 is 0 Å². The van der Waals surface area contributed by atoms with Gasteiger partial charge in [0.15, 0.2) is 5.82 Å². The van der Waals surface area contributed by atoms with Crippen molar-refractivity contribution in [2.75, 3.05) is 6.54 Å². The van der Waals surface area contributed by atoms with E-state index in [2.05, 4.69) is 41.3 Å². The first-order chi connectivity index (χ1) is 8.69. The summed E-state index contributed by atoms with van der Waals surface area (Å²) in [6.45, 7) is 4.63. The molecule has 4 nitrogen and oxygen atoms in total. The topological polar surface area (TPSA) is 64.9 Å². The smallest absolute Gasteiger partial charge is 0.226 e. The molecule has 1 aromatic carbocycles. The van der Waals surface area contributed by atoms with Crippen LogP contribution in [0.5, 0.6) is 0 Å². The Morgan fingerprint density at radius 3 is 2.89 bits per heavy atom. The molecule has 0 saturated carbocycles. The molecule has 4 heteroatoms. The maximum absolute atomic E-state index is 5.57. The van der Waals surface area contributed by atoms with Gasteiger partial charge >= 0.3 is 0 Å². The SMILES string of the molecule is Cc1cccc(CCc2nc(C(C)CN)no2)c1. The molecule has 0 aliphatic heterocycles. The molecule has 0 radical (unpaired) electrons. The molecule has 18 heavy (non-hydrogen) atoms. The summed E-state index contributed by atoms with van der Waals surface area (Å²) in [5.74, 6) is 1.55. The van der Waals surface area contributed by atoms with Crippen molar-refractivity contribution >= 4 is 0 Å². The third-order valence-electron chi connectivity index (χ3n) is 2.99. The molecule has 0 fully saturated rings. The van der Waals surface area contributed by atoms with Crippen molar-refractivity contribution in [3.05, 3.63) is 47.1 Å². The van der Waals surface area contributed by atoms with Gasteiger partial charge in [-0.15, -0.1) is 0 Å². The predicted octanol–water partition coefficient (Wildman–Crippen LogP) is 2.23. The highest BCUT2D eigenvalue weighted by Gasteiger charge is 2.11. The second kappa shape index (κ2) is 5.78. The molecule has 0 aliphatic carbocycles. The number of aryl methyl sites for hydroxylation is 3. The number of rotatable bonds is 5. The van der Waals surface area contributed by atoms with Crippen LogP contribution in [0.4, 0.5) is 0 Å². The van der Waals surface area contributed by atoms with Gasteiger partial charge in [0, 0.05) is 18.9 Å². The standard InChI is InChI=1S/C14H19N3O/c1-10-4-3-5-12(8-10)6-7-13-16-14(17-18-13)11(2)9-15/h3-5,8,11H,6-7,9,15H2,1-2H3. The van der Waals surface area contributed by atoms with Gasteiger partial charge in [-0.25, -0.2) is 0 Å². The number of hydrogen-bond acceptors (Lipinski definition) is 4. The average molecular weight is 245 g/mol. The fourth-order valence-electron chi connectivity index (χ4n) is 1.79. The van der Waals surface area contributed by atoms with Gasteiger partial charge in [-0.2, -0.15) is 4.98 Å². The summed E-state index contributed by atoms with van der Waals surface area (Å²) in [5, 5.41) is 3.95. The second-order valence-corrected chi connectivity index (χ2v) is 4.67. The number of nitrogens with two attached hydrogens (primary N) is 1. The van der Waals surface area contributed by atoms with Crippen molar-refractivity contribution < 1.29 is 4.52 Å². The minimum atomic E-state index is 0.154. The molecule has 1 aromatic heterocycles. The Hall–Kier alpha value is -1.68. The molecule has 1 heterocycles. The zero-order valence-corrected chi connectivity index (χ0v) is 10.9. The molecule has 2 rings (SSSR count). The molecule has 2 aromatic rings. The lowest BCUT2D eigenvalue weighted by atomic mass is 10.1. The van der Waals surface area contributed by atoms with E-state index in [-0.39, 0.29) is 5.92 Å². The molecule has 0 saturated heterocycles. The lowest BCUT2D eigenvalue weighted by molar-refractivity contribution is 0.370. The number of aromatic nitrogens is 2. The first-order valence-corrected chi connectivity index (χ1v) is 6.27. The summed E-state index contributed by atoms with van der Waals surface area (Å²) < 4.78 is 5.22. The van der Waals surface area contributed by atoms with Gasteiger partial charge in [0.2, 0.25) is 5.89 Å². The normalized spacial score (nSPS) is 12.6. The third-order valence-corrected chi connectivity index (χ3v) is 2.99. The van der Waals surface area contributed by atoms with Crippen molar-refractivity contribution in [3.8, 4) is 0 Å². The molecule has 0 spiro atoms. The van der Waals surface area contributed by atoms with Gasteiger partial charge < -0.3 is 10.3 Å². The highest BCUT2D eigenvalue weighted by molar-refractivity contribution is 5.22. The largest absolute Gasteiger partial charge is 0.339 e. The zero-order valence-electron chi connectivity index (χ0n) is 10.9. The fraction of sp³-hybridized carbons (Fsp3) is 0.429. The highest BCUT2D eigenvalue weighted by atomic mass is 16.5. The van der Waals surface area contributed by atoms with E-state index in [0.29, 0.717) is 18.3 Å². The third kappa shape index (κ3) is 3.17. The number of hydrogen-bond donors (Lipinski definition) is 1. The lowest BCUT2D eigenvalue weighted by Crippen LogP contribution is -2.10. The quantitative estimate of drug-likeness (QED) is 0.877. The first-order valence-electron chi connectivity index (χ1n) is 6.27. The Bertz CT molecular complexity index is 507. The van der Waals surface area contributed by atoms with E-state index in [0.717, 1.165) is 12.8 Å². The van der Waals surface area contributed by atoms with Crippen LogP contribution < -0.4 is 5.73 Å². The summed E-state index contributed by atoms with van der Waals surface area (Å²) in [6, 6.07) is 8.46. The van der Waals surface area contributed by atoms with E-state index in [9.17, 15) is 0 Å². The minimum Gasteiger partial charge on any atom is -0.339 e. The predicted molar refractivity (Wildman–Crippen MR) is 70.4 cm³/mol. The van der Waals surface area contributed by atoms with Crippen molar-refractivity contribution in [3.63, 3.8) is 0 Å². The van der Waals surface area contributed by atoms with E-state index in [4.69, 9.17) is 10.3 Å². The molecule has 1 unspecified atom stereocenters. The molecular weight excluding hydrogens is 226 g/mol. The Kier molecular flexibility index (Phi) is 4.10. The van der Waals surface area contributed by atoms with E-state index < -0.39 is 0 Å². The Morgan fingerprint density at radius 2 is 2.17 bits per heavy atom. The molecule has 1 atom stereocenters. The summed E-state index contributed by atoms with van der Waals surface area (Å²) in [5.41, 5.74) is 8.14. The first kappa shape index (κ1) is 12.8. The van der Waals surface area contributed by atoms with Gasteiger partial charge in [0.05, 0.1) is 0 Å². The lowest BCUT2D eigenvalue weighted by Gasteiger charge is -2.00. The van der Waals surface area contributed by atoms with Gasteiger partial charge in [0.1, 0.15) is 0 Å². The van der Waals surface area contributed by atoms with Crippen LogP contribution in [0.2, 0.25) is 0 Å². The van der Waals surface area contributed by atoms with Crippen LogP contribution in [0.3, 0.4) is 0 Å². The summed E-state index contributed by atoms with van der Waals surface area (Å²) in [7, 11) is 0. The molecule has 2 N–H and O–H groups in total. The molecule has 0 bridgehead atoms. The second-order valence-electron chi connectivity index (χ2n) is 4.67. The van der Waals surface area contributed by atoms with Gasteiger partial charge in [-0.05, 0) is 18.9 Å². The minimum absolute atomic E-state index is 0.154. The van der Waals surface area contributed by atoms with Crippen molar-refractivity contribution in [1.82, 2.24) is 10.1 Å². The maximum Gasteiger partial charge on any atom is 0.226 e. The molecule has 96 valence electrons. The van der Waals surface area contributed by atoms with Crippen molar-refractivity contribution in [2.45, 2.75) is 32.6 Å². The monoisotopic (exact) mass is 245 g/mol. The highest BCUT2D eigenvalue weighted by Crippen LogP contribution is 2.12. The van der Waals surface area contributed by atoms with Crippen LogP contribution in [0.1, 0.15) is 35.7 Å². The van der Waals surface area contributed by atoms with Gasteiger partial charge in [-0.3, -0.25) is 0 Å². The van der Waals surface area contributed by atoms with Crippen LogP contribution in [0.25, 0.3) is 0 Å². The average Bonchev–Trinajstić information content (AvgIpc) is 2.84. The fourth-order valence-corrected chi connectivity index (χ4v) is 1.79. The van der Waals surface area contributed by atoms with E-state index in [1.807, 2.05) is 6.92 Å². The van der Waals surface area contributed by atoms with Crippen LogP contribution in [0.15, 0.2) is 28.8 Å². The molecular formula is C14H19N3O. The van der Waals surface area contributed by atoms with E-state index in [1.165, 1.54) is 11.1 Å². The van der Waals surface area contributed by atoms with Crippen LogP contribution in [0, 0.1) is 6.92 Å². The Morgan fingerprint density at radius 1 is 1.33 bits per heavy atom. The summed E-state index contributed by atoms with van der Waals surface area (Å²) in [4.78, 5) is 4.36. The van der Waals surface area contributed by atoms with Crippen molar-refractivity contribution in [1.29, 1.82) is 0 Å². The summed E-state index contributed by atoms with van der Waals surface area (Å²) >= 11 is 0. The number of nitrogens with zero attached hydrogens (tertiary/aromatic N) is 2. The maximum atomic E-state index is 5.57. The summed E-state index contributed by atoms with van der Waals surface area (Å²) in [6.07, 6.45) is 1.69. The number of benzene rings is 1. The van der Waals surface area contributed by atoms with E-state index in [1.54, 1.807) is 0 Å². The molecule has 0 amide bonds. The van der Waals surface area contributed by atoms with Crippen molar-refractivity contribution in [2.24, 2.45) is 5.73 Å². The Balaban J connectivity index is 1.96. The van der Waals surface area contributed by atoms with Crippen LogP contribution in [-0.2, 0) is 12.8 Å². The van der Waals surface area contributed by atoms with Crippen LogP contribution in [-0.4, -0.2) is 16.7 Å².